The molecule has 2 heterocycles. The van der Waals surface area contributed by atoms with Crippen molar-refractivity contribution in [3.8, 4) is 0 Å². The van der Waals surface area contributed by atoms with Gasteiger partial charge in [-0.2, -0.15) is 0 Å². The van der Waals surface area contributed by atoms with Gasteiger partial charge in [0.25, 0.3) is 0 Å². The molecule has 19 heavy (non-hydrogen) atoms. The Labute approximate surface area is 114 Å². The summed E-state index contributed by atoms with van der Waals surface area (Å²) >= 11 is 0. The first kappa shape index (κ1) is 13.8. The van der Waals surface area contributed by atoms with E-state index in [2.05, 4.69) is 20.2 Å². The van der Waals surface area contributed by atoms with Crippen LogP contribution in [0, 0.1) is 5.92 Å². The summed E-state index contributed by atoms with van der Waals surface area (Å²) in [5, 5.41) is 3.02. The van der Waals surface area contributed by atoms with E-state index in [1.807, 2.05) is 13.1 Å². The van der Waals surface area contributed by atoms with E-state index in [1.54, 1.807) is 12.4 Å². The van der Waals surface area contributed by atoms with Crippen LogP contribution in [-0.2, 0) is 4.79 Å². The molecule has 1 aromatic heterocycles. The van der Waals surface area contributed by atoms with E-state index >= 15 is 0 Å². The lowest BCUT2D eigenvalue weighted by atomic mass is 9.97. The summed E-state index contributed by atoms with van der Waals surface area (Å²) < 4.78 is 0. The Kier molecular flexibility index (Phi) is 5.12. The minimum Gasteiger partial charge on any atom is -0.356 e. The highest BCUT2D eigenvalue weighted by Crippen LogP contribution is 2.20. The second kappa shape index (κ2) is 7.07. The number of nitrogens with one attached hydrogen (secondary N) is 1. The van der Waals surface area contributed by atoms with Crippen molar-refractivity contribution in [2.75, 3.05) is 24.5 Å². The summed E-state index contributed by atoms with van der Waals surface area (Å²) in [7, 11) is 0. The molecular weight excluding hydrogens is 240 g/mol. The van der Waals surface area contributed by atoms with Crippen LogP contribution in [0.1, 0.15) is 32.6 Å². The zero-order chi connectivity index (χ0) is 13.5. The quantitative estimate of drug-likeness (QED) is 0.876. The molecule has 5 nitrogen and oxygen atoms in total. The van der Waals surface area contributed by atoms with Gasteiger partial charge < -0.3 is 10.2 Å². The van der Waals surface area contributed by atoms with Gasteiger partial charge in [0.2, 0.25) is 5.91 Å². The molecule has 0 aromatic carbocycles. The normalized spacial score (nSPS) is 16.4. The zero-order valence-corrected chi connectivity index (χ0v) is 11.5. The molecule has 1 aromatic rings. The minimum atomic E-state index is 0.179. The molecule has 1 saturated heterocycles. The number of hydrogen-bond donors (Lipinski definition) is 1. The average molecular weight is 262 g/mol. The largest absolute Gasteiger partial charge is 0.356 e. The van der Waals surface area contributed by atoms with Crippen LogP contribution in [0.2, 0.25) is 0 Å². The molecule has 0 unspecified atom stereocenters. The van der Waals surface area contributed by atoms with Gasteiger partial charge in [-0.05, 0) is 25.2 Å². The number of carbonyl (C=O) groups is 1. The van der Waals surface area contributed by atoms with Gasteiger partial charge in [-0.25, -0.2) is 4.98 Å². The van der Waals surface area contributed by atoms with Crippen LogP contribution in [0.5, 0.6) is 0 Å². The van der Waals surface area contributed by atoms with E-state index in [4.69, 9.17) is 0 Å². The number of carbonyl (C=O) groups excluding carboxylic acids is 1. The Hall–Kier alpha value is -1.65. The van der Waals surface area contributed by atoms with Gasteiger partial charge in [-0.3, -0.25) is 9.78 Å². The van der Waals surface area contributed by atoms with Gasteiger partial charge in [0.15, 0.2) is 0 Å². The number of hydrogen-bond acceptors (Lipinski definition) is 4. The molecule has 0 atom stereocenters. The monoisotopic (exact) mass is 262 g/mol. The van der Waals surface area contributed by atoms with Crippen molar-refractivity contribution in [3.63, 3.8) is 0 Å². The van der Waals surface area contributed by atoms with Crippen LogP contribution < -0.4 is 10.2 Å². The molecule has 1 aliphatic rings. The lowest BCUT2D eigenvalue weighted by Gasteiger charge is -2.32. The molecule has 1 amide bonds. The van der Waals surface area contributed by atoms with E-state index in [9.17, 15) is 4.79 Å². The number of aromatic nitrogens is 2. The molecule has 1 aliphatic heterocycles. The van der Waals surface area contributed by atoms with Gasteiger partial charge in [-0.15, -0.1) is 0 Å². The maximum atomic E-state index is 11.4. The zero-order valence-electron chi connectivity index (χ0n) is 11.5. The molecule has 5 heteroatoms. The highest BCUT2D eigenvalue weighted by Gasteiger charge is 2.20. The third-order valence-electron chi connectivity index (χ3n) is 3.55. The van der Waals surface area contributed by atoms with Gasteiger partial charge in [0.05, 0.1) is 6.20 Å². The molecule has 0 aliphatic carbocycles. The molecular formula is C14H22N4O. The molecule has 1 N–H and O–H groups in total. The summed E-state index contributed by atoms with van der Waals surface area (Å²) in [6.07, 6.45) is 8.98. The Bertz CT molecular complexity index is 388. The number of anilines is 1. The average Bonchev–Trinajstić information content (AvgIpc) is 2.47. The highest BCUT2D eigenvalue weighted by molar-refractivity contribution is 5.75. The molecule has 0 bridgehead atoms. The van der Waals surface area contributed by atoms with Crippen LogP contribution in [0.3, 0.4) is 0 Å². The summed E-state index contributed by atoms with van der Waals surface area (Å²) in [6.45, 7) is 4.83. The molecule has 0 radical (unpaired) electrons. The molecule has 2 rings (SSSR count). The van der Waals surface area contributed by atoms with E-state index in [-0.39, 0.29) is 5.91 Å². The third kappa shape index (κ3) is 4.19. The SMILES string of the molecule is CCCC(=O)NCC1CCN(c2cnccn2)CC1. The Balaban J connectivity index is 1.72. The Morgan fingerprint density at radius 1 is 1.42 bits per heavy atom. The molecule has 104 valence electrons. The van der Waals surface area contributed by atoms with Crippen LogP contribution >= 0.6 is 0 Å². The Morgan fingerprint density at radius 3 is 2.84 bits per heavy atom. The number of rotatable bonds is 5. The van der Waals surface area contributed by atoms with Crippen molar-refractivity contribution in [2.45, 2.75) is 32.6 Å². The van der Waals surface area contributed by atoms with Crippen LogP contribution in [0.25, 0.3) is 0 Å². The van der Waals surface area contributed by atoms with Gasteiger partial charge in [-0.1, -0.05) is 6.92 Å². The van der Waals surface area contributed by atoms with E-state index in [0.717, 1.165) is 44.7 Å². The predicted octanol–water partition coefficient (Wildman–Crippen LogP) is 1.61. The van der Waals surface area contributed by atoms with Crippen LogP contribution in [-0.4, -0.2) is 35.5 Å². The molecule has 0 saturated carbocycles. The second-order valence-electron chi connectivity index (χ2n) is 5.05. The van der Waals surface area contributed by atoms with Crippen molar-refractivity contribution in [1.82, 2.24) is 15.3 Å². The van der Waals surface area contributed by atoms with Gasteiger partial charge in [0, 0.05) is 38.4 Å². The van der Waals surface area contributed by atoms with Gasteiger partial charge in [0.1, 0.15) is 5.82 Å². The van der Waals surface area contributed by atoms with E-state index < -0.39 is 0 Å². The maximum Gasteiger partial charge on any atom is 0.219 e. The summed E-state index contributed by atoms with van der Waals surface area (Å²) in [5.41, 5.74) is 0. The summed E-state index contributed by atoms with van der Waals surface area (Å²) in [4.78, 5) is 22.1. The fourth-order valence-corrected chi connectivity index (χ4v) is 2.39. The maximum absolute atomic E-state index is 11.4. The third-order valence-corrected chi connectivity index (χ3v) is 3.55. The Morgan fingerprint density at radius 2 is 2.21 bits per heavy atom. The standard InChI is InChI=1S/C14H22N4O/c1-2-3-14(19)17-10-12-4-8-18(9-5-12)13-11-15-6-7-16-13/h6-7,11-12H,2-5,8-10H2,1H3,(H,17,19). The van der Waals surface area contributed by atoms with Gasteiger partial charge >= 0.3 is 0 Å². The number of nitrogens with zero attached hydrogens (tertiary/aromatic N) is 3. The van der Waals surface area contributed by atoms with E-state index in [0.29, 0.717) is 12.3 Å². The van der Waals surface area contributed by atoms with Crippen molar-refractivity contribution < 1.29 is 4.79 Å². The number of amides is 1. The van der Waals surface area contributed by atoms with Crippen molar-refractivity contribution in [1.29, 1.82) is 0 Å². The summed E-state index contributed by atoms with van der Waals surface area (Å²) in [5.74, 6) is 1.73. The van der Waals surface area contributed by atoms with Crippen molar-refractivity contribution in [2.24, 2.45) is 5.92 Å². The first-order chi connectivity index (χ1) is 9.29. The van der Waals surface area contributed by atoms with Crippen molar-refractivity contribution >= 4 is 11.7 Å². The lowest BCUT2D eigenvalue weighted by molar-refractivity contribution is -0.121. The molecule has 0 spiro atoms. The van der Waals surface area contributed by atoms with E-state index in [1.165, 1.54) is 0 Å². The lowest BCUT2D eigenvalue weighted by Crippen LogP contribution is -2.39. The first-order valence-electron chi connectivity index (χ1n) is 7.07. The summed E-state index contributed by atoms with van der Waals surface area (Å²) in [6, 6.07) is 0. The first-order valence-corrected chi connectivity index (χ1v) is 7.07. The topological polar surface area (TPSA) is 58.1 Å². The predicted molar refractivity (Wildman–Crippen MR) is 74.9 cm³/mol. The number of piperidine rings is 1. The fraction of sp³-hybridized carbons (Fsp3) is 0.643. The van der Waals surface area contributed by atoms with Crippen LogP contribution in [0.4, 0.5) is 5.82 Å². The van der Waals surface area contributed by atoms with Crippen LogP contribution in [0.15, 0.2) is 18.6 Å². The minimum absolute atomic E-state index is 0.179. The highest BCUT2D eigenvalue weighted by atomic mass is 16.1. The van der Waals surface area contributed by atoms with Crippen molar-refractivity contribution in [3.05, 3.63) is 18.6 Å². The second-order valence-corrected chi connectivity index (χ2v) is 5.05. The smallest absolute Gasteiger partial charge is 0.219 e. The molecule has 1 fully saturated rings. The fourth-order valence-electron chi connectivity index (χ4n) is 2.39.